The van der Waals surface area contributed by atoms with E-state index in [0.717, 1.165) is 0 Å². The number of rotatable bonds is 10. The summed E-state index contributed by atoms with van der Waals surface area (Å²) >= 11 is 0. The summed E-state index contributed by atoms with van der Waals surface area (Å²) in [5, 5.41) is 0. The molecule has 114 valence electrons. The SMILES string of the molecule is COCCOCCS(=O)(=O)NCCC1(C)OCCO1. The van der Waals surface area contributed by atoms with Gasteiger partial charge in [0.25, 0.3) is 0 Å². The first kappa shape index (κ1) is 16.8. The molecular formula is C11H23NO6S. The van der Waals surface area contributed by atoms with Crippen molar-refractivity contribution in [2.24, 2.45) is 0 Å². The van der Waals surface area contributed by atoms with Gasteiger partial charge in [-0.2, -0.15) is 0 Å². The van der Waals surface area contributed by atoms with Gasteiger partial charge in [-0.3, -0.25) is 0 Å². The van der Waals surface area contributed by atoms with Crippen molar-refractivity contribution in [1.29, 1.82) is 0 Å². The average Bonchev–Trinajstić information content (AvgIpc) is 2.75. The van der Waals surface area contributed by atoms with Crippen LogP contribution in [-0.4, -0.2) is 66.6 Å². The van der Waals surface area contributed by atoms with Crippen LogP contribution in [0.25, 0.3) is 0 Å². The fourth-order valence-electron chi connectivity index (χ4n) is 1.62. The fourth-order valence-corrected chi connectivity index (χ4v) is 2.51. The van der Waals surface area contributed by atoms with E-state index in [4.69, 9.17) is 18.9 Å². The van der Waals surface area contributed by atoms with Crippen molar-refractivity contribution >= 4 is 10.0 Å². The van der Waals surface area contributed by atoms with Crippen molar-refractivity contribution in [2.45, 2.75) is 19.1 Å². The van der Waals surface area contributed by atoms with Gasteiger partial charge in [-0.15, -0.1) is 0 Å². The Morgan fingerprint density at radius 2 is 1.89 bits per heavy atom. The second-order valence-corrected chi connectivity index (χ2v) is 6.33. The Morgan fingerprint density at radius 3 is 2.53 bits per heavy atom. The van der Waals surface area contributed by atoms with E-state index in [1.807, 2.05) is 6.92 Å². The summed E-state index contributed by atoms with van der Waals surface area (Å²) < 4.78 is 46.5. The smallest absolute Gasteiger partial charge is 0.213 e. The van der Waals surface area contributed by atoms with Crippen LogP contribution in [0.2, 0.25) is 0 Å². The summed E-state index contributed by atoms with van der Waals surface area (Å²) in [5.41, 5.74) is 0. The summed E-state index contributed by atoms with van der Waals surface area (Å²) in [6.45, 7) is 4.21. The van der Waals surface area contributed by atoms with Gasteiger partial charge in [0, 0.05) is 20.1 Å². The lowest BCUT2D eigenvalue weighted by atomic mass is 10.2. The van der Waals surface area contributed by atoms with Gasteiger partial charge in [-0.1, -0.05) is 0 Å². The van der Waals surface area contributed by atoms with Gasteiger partial charge in [-0.25, -0.2) is 13.1 Å². The third-order valence-electron chi connectivity index (χ3n) is 2.73. The monoisotopic (exact) mass is 297 g/mol. The molecule has 19 heavy (non-hydrogen) atoms. The standard InChI is InChI=1S/C11H23NO6S/c1-11(17-7-8-18-11)3-4-12-19(13,14)10-9-16-6-5-15-2/h12H,3-10H2,1-2H3. The number of hydrogen-bond donors (Lipinski definition) is 1. The molecule has 8 heteroatoms. The van der Waals surface area contributed by atoms with Crippen LogP contribution in [0.3, 0.4) is 0 Å². The molecule has 7 nitrogen and oxygen atoms in total. The molecule has 1 rings (SSSR count). The molecule has 1 aliphatic heterocycles. The number of sulfonamides is 1. The van der Waals surface area contributed by atoms with Crippen LogP contribution in [0.15, 0.2) is 0 Å². The first-order chi connectivity index (χ1) is 8.97. The molecular weight excluding hydrogens is 274 g/mol. The van der Waals surface area contributed by atoms with Crippen LogP contribution >= 0.6 is 0 Å². The van der Waals surface area contributed by atoms with E-state index in [9.17, 15) is 8.42 Å². The maximum Gasteiger partial charge on any atom is 0.213 e. The second-order valence-electron chi connectivity index (χ2n) is 4.40. The summed E-state index contributed by atoms with van der Waals surface area (Å²) in [6, 6.07) is 0. The first-order valence-corrected chi connectivity index (χ1v) is 7.95. The lowest BCUT2D eigenvalue weighted by molar-refractivity contribution is -0.145. The molecule has 1 fully saturated rings. The highest BCUT2D eigenvalue weighted by molar-refractivity contribution is 7.89. The van der Waals surface area contributed by atoms with Crippen molar-refractivity contribution in [3.8, 4) is 0 Å². The van der Waals surface area contributed by atoms with Gasteiger partial charge in [-0.05, 0) is 6.92 Å². The minimum atomic E-state index is -3.31. The van der Waals surface area contributed by atoms with Crippen molar-refractivity contribution in [2.75, 3.05) is 52.4 Å². The molecule has 1 heterocycles. The van der Waals surface area contributed by atoms with Gasteiger partial charge >= 0.3 is 0 Å². The van der Waals surface area contributed by atoms with Gasteiger partial charge in [0.05, 0.1) is 38.8 Å². The quantitative estimate of drug-likeness (QED) is 0.559. The number of ether oxygens (including phenoxy) is 4. The minimum absolute atomic E-state index is 0.0604. The van der Waals surface area contributed by atoms with Crippen LogP contribution in [0.4, 0.5) is 0 Å². The van der Waals surface area contributed by atoms with E-state index in [0.29, 0.717) is 32.8 Å². The largest absolute Gasteiger partial charge is 0.382 e. The normalized spacial score (nSPS) is 18.8. The maximum absolute atomic E-state index is 11.6. The molecule has 0 saturated carbocycles. The molecule has 1 saturated heterocycles. The van der Waals surface area contributed by atoms with E-state index in [2.05, 4.69) is 4.72 Å². The van der Waals surface area contributed by atoms with Crippen LogP contribution in [0.5, 0.6) is 0 Å². The highest BCUT2D eigenvalue weighted by Gasteiger charge is 2.30. The van der Waals surface area contributed by atoms with E-state index in [1.54, 1.807) is 7.11 Å². The fraction of sp³-hybridized carbons (Fsp3) is 1.00. The third kappa shape index (κ3) is 7.19. The maximum atomic E-state index is 11.6. The molecule has 0 unspecified atom stereocenters. The predicted molar refractivity (Wildman–Crippen MR) is 69.4 cm³/mol. The average molecular weight is 297 g/mol. The molecule has 0 aromatic carbocycles. The van der Waals surface area contributed by atoms with Gasteiger partial charge in [0.15, 0.2) is 5.79 Å². The van der Waals surface area contributed by atoms with Gasteiger partial charge in [0.1, 0.15) is 0 Å². The first-order valence-electron chi connectivity index (χ1n) is 6.29. The Kier molecular flexibility index (Phi) is 7.19. The van der Waals surface area contributed by atoms with Gasteiger partial charge < -0.3 is 18.9 Å². The molecule has 0 bridgehead atoms. The zero-order valence-electron chi connectivity index (χ0n) is 11.5. The van der Waals surface area contributed by atoms with E-state index in [-0.39, 0.29) is 18.9 Å². The molecule has 0 aliphatic carbocycles. The van der Waals surface area contributed by atoms with E-state index < -0.39 is 15.8 Å². The zero-order chi connectivity index (χ0) is 14.2. The van der Waals surface area contributed by atoms with Gasteiger partial charge in [0.2, 0.25) is 10.0 Å². The summed E-state index contributed by atoms with van der Waals surface area (Å²) in [5.74, 6) is -0.730. The van der Waals surface area contributed by atoms with Crippen LogP contribution in [0, 0.1) is 0 Å². The Morgan fingerprint density at radius 1 is 1.21 bits per heavy atom. The molecule has 0 radical (unpaired) electrons. The molecule has 0 spiro atoms. The number of nitrogens with one attached hydrogen (secondary N) is 1. The van der Waals surface area contributed by atoms with E-state index >= 15 is 0 Å². The number of hydrogen-bond acceptors (Lipinski definition) is 6. The Bertz CT molecular complexity index is 339. The summed E-state index contributed by atoms with van der Waals surface area (Å²) in [4.78, 5) is 0. The second kappa shape index (κ2) is 8.13. The topological polar surface area (TPSA) is 83.1 Å². The molecule has 0 amide bonds. The number of methoxy groups -OCH3 is 1. The summed E-state index contributed by atoms with van der Waals surface area (Å²) in [6.07, 6.45) is 0.483. The van der Waals surface area contributed by atoms with Crippen LogP contribution in [0.1, 0.15) is 13.3 Å². The lowest BCUT2D eigenvalue weighted by Gasteiger charge is -2.22. The lowest BCUT2D eigenvalue weighted by Crippen LogP contribution is -2.35. The molecule has 0 aromatic heterocycles. The van der Waals surface area contributed by atoms with Crippen molar-refractivity contribution in [3.63, 3.8) is 0 Å². The molecule has 0 atom stereocenters. The molecule has 0 aromatic rings. The predicted octanol–water partition coefficient (Wildman–Crippen LogP) is -0.278. The highest BCUT2D eigenvalue weighted by atomic mass is 32.2. The van der Waals surface area contributed by atoms with Crippen LogP contribution < -0.4 is 4.72 Å². The third-order valence-corrected chi connectivity index (χ3v) is 4.08. The highest BCUT2D eigenvalue weighted by Crippen LogP contribution is 2.21. The van der Waals surface area contributed by atoms with Crippen LogP contribution in [-0.2, 0) is 29.0 Å². The Balaban J connectivity index is 2.12. The Hall–Kier alpha value is -0.250. The summed E-state index contributed by atoms with van der Waals surface area (Å²) in [7, 11) is -1.75. The van der Waals surface area contributed by atoms with E-state index in [1.165, 1.54) is 0 Å². The van der Waals surface area contributed by atoms with Crippen molar-refractivity contribution < 1.29 is 27.4 Å². The molecule has 1 N–H and O–H groups in total. The minimum Gasteiger partial charge on any atom is -0.382 e. The van der Waals surface area contributed by atoms with Crippen molar-refractivity contribution in [3.05, 3.63) is 0 Å². The molecule has 1 aliphatic rings. The Labute approximate surface area is 114 Å². The van der Waals surface area contributed by atoms with Crippen molar-refractivity contribution in [1.82, 2.24) is 4.72 Å². The zero-order valence-corrected chi connectivity index (χ0v) is 12.3.